The Bertz CT molecular complexity index is 549. The van der Waals surface area contributed by atoms with Gasteiger partial charge in [-0.05, 0) is 18.9 Å². The number of aryl methyl sites for hydroxylation is 1. The highest BCUT2D eigenvalue weighted by atomic mass is 16.4. The van der Waals surface area contributed by atoms with Crippen LogP contribution in [0.25, 0.3) is 0 Å². The predicted octanol–water partition coefficient (Wildman–Crippen LogP) is 1.65. The van der Waals surface area contributed by atoms with Crippen molar-refractivity contribution in [2.45, 2.75) is 39.0 Å². The van der Waals surface area contributed by atoms with Gasteiger partial charge in [-0.25, -0.2) is 0 Å². The van der Waals surface area contributed by atoms with E-state index in [-0.39, 0.29) is 17.2 Å². The fourth-order valence-electron chi connectivity index (χ4n) is 2.53. The highest BCUT2D eigenvalue weighted by Crippen LogP contribution is 2.23. The van der Waals surface area contributed by atoms with E-state index in [1.807, 2.05) is 6.07 Å². The molecule has 1 amide bonds. The average Bonchev–Trinajstić information content (AvgIpc) is 2.80. The smallest absolute Gasteiger partial charge is 0.306 e. The number of amides is 1. The molecule has 0 saturated carbocycles. The molecule has 116 valence electrons. The van der Waals surface area contributed by atoms with E-state index in [1.165, 1.54) is 0 Å². The highest BCUT2D eigenvalue weighted by Gasteiger charge is 2.29. The number of hydrogen-bond donors (Lipinski definition) is 1. The van der Waals surface area contributed by atoms with Crippen molar-refractivity contribution in [2.75, 3.05) is 13.1 Å². The second kappa shape index (κ2) is 5.50. The number of carboxylic acids is 1. The predicted molar refractivity (Wildman–Crippen MR) is 78.2 cm³/mol. The number of carbonyl (C=O) groups excluding carboxylic acids is 1. The highest BCUT2D eigenvalue weighted by molar-refractivity contribution is 5.93. The lowest BCUT2D eigenvalue weighted by Gasteiger charge is -2.30. The Morgan fingerprint density at radius 3 is 2.29 bits per heavy atom. The molecule has 0 unspecified atom stereocenters. The van der Waals surface area contributed by atoms with E-state index in [0.29, 0.717) is 31.6 Å². The molecule has 1 N–H and O–H groups in total. The van der Waals surface area contributed by atoms with Gasteiger partial charge in [0.1, 0.15) is 5.69 Å². The lowest BCUT2D eigenvalue weighted by Crippen LogP contribution is -2.40. The van der Waals surface area contributed by atoms with Crippen LogP contribution in [-0.2, 0) is 17.3 Å². The van der Waals surface area contributed by atoms with Gasteiger partial charge < -0.3 is 10.0 Å². The standard InChI is InChI=1S/C15H23N3O3/c1-15(2,3)12-9-11(17(4)16-12)13(19)18-7-5-10(6-8-18)14(20)21/h9-10H,5-8H2,1-4H3,(H,20,21). The quantitative estimate of drug-likeness (QED) is 0.899. The molecule has 6 heteroatoms. The Balaban J connectivity index is 2.11. The van der Waals surface area contributed by atoms with Crippen molar-refractivity contribution < 1.29 is 14.7 Å². The minimum absolute atomic E-state index is 0.0654. The van der Waals surface area contributed by atoms with Crippen molar-refractivity contribution in [3.05, 3.63) is 17.5 Å². The molecule has 0 radical (unpaired) electrons. The number of nitrogens with zero attached hydrogens (tertiary/aromatic N) is 3. The van der Waals surface area contributed by atoms with E-state index in [4.69, 9.17) is 5.11 Å². The third-order valence-electron chi connectivity index (χ3n) is 4.00. The van der Waals surface area contributed by atoms with Gasteiger partial charge >= 0.3 is 5.97 Å². The Labute approximate surface area is 124 Å². The zero-order valence-corrected chi connectivity index (χ0v) is 13.1. The minimum atomic E-state index is -0.766. The second-order valence-corrected chi connectivity index (χ2v) is 6.69. The van der Waals surface area contributed by atoms with E-state index in [2.05, 4.69) is 25.9 Å². The Kier molecular flexibility index (Phi) is 4.07. The van der Waals surface area contributed by atoms with Gasteiger partial charge in [0.15, 0.2) is 0 Å². The van der Waals surface area contributed by atoms with Gasteiger partial charge in [0.2, 0.25) is 0 Å². The van der Waals surface area contributed by atoms with E-state index in [0.717, 1.165) is 5.69 Å². The number of carboxylic acid groups (broad SMARTS) is 1. The molecule has 0 aliphatic carbocycles. The van der Waals surface area contributed by atoms with Crippen LogP contribution in [0.2, 0.25) is 0 Å². The SMILES string of the molecule is Cn1nc(C(C)(C)C)cc1C(=O)N1CCC(C(=O)O)CC1. The van der Waals surface area contributed by atoms with E-state index < -0.39 is 5.97 Å². The van der Waals surface area contributed by atoms with Crippen LogP contribution in [0.3, 0.4) is 0 Å². The van der Waals surface area contributed by atoms with Crippen LogP contribution >= 0.6 is 0 Å². The summed E-state index contributed by atoms with van der Waals surface area (Å²) in [4.78, 5) is 25.2. The summed E-state index contributed by atoms with van der Waals surface area (Å²) in [7, 11) is 1.77. The maximum Gasteiger partial charge on any atom is 0.306 e. The van der Waals surface area contributed by atoms with Gasteiger partial charge in [0.05, 0.1) is 11.6 Å². The second-order valence-electron chi connectivity index (χ2n) is 6.69. The van der Waals surface area contributed by atoms with Gasteiger partial charge in [-0.3, -0.25) is 14.3 Å². The maximum absolute atomic E-state index is 12.6. The first kappa shape index (κ1) is 15.5. The normalized spacial score (nSPS) is 17.0. The Morgan fingerprint density at radius 2 is 1.86 bits per heavy atom. The molecule has 0 aromatic carbocycles. The van der Waals surface area contributed by atoms with Crippen molar-refractivity contribution in [1.82, 2.24) is 14.7 Å². The van der Waals surface area contributed by atoms with Crippen LogP contribution in [0, 0.1) is 5.92 Å². The fourth-order valence-corrected chi connectivity index (χ4v) is 2.53. The zero-order chi connectivity index (χ0) is 15.8. The molecule has 1 aromatic rings. The van der Waals surface area contributed by atoms with Crippen LogP contribution in [0.4, 0.5) is 0 Å². The molecular weight excluding hydrogens is 270 g/mol. The molecule has 1 aliphatic rings. The third kappa shape index (κ3) is 3.25. The van der Waals surface area contributed by atoms with Crippen LogP contribution in [0.5, 0.6) is 0 Å². The van der Waals surface area contributed by atoms with Gasteiger partial charge in [-0.15, -0.1) is 0 Å². The van der Waals surface area contributed by atoms with Gasteiger partial charge in [0, 0.05) is 25.6 Å². The number of carbonyl (C=O) groups is 2. The topological polar surface area (TPSA) is 75.4 Å². The average molecular weight is 293 g/mol. The molecule has 0 bridgehead atoms. The minimum Gasteiger partial charge on any atom is -0.481 e. The van der Waals surface area contributed by atoms with Crippen molar-refractivity contribution in [3.63, 3.8) is 0 Å². The number of rotatable bonds is 2. The summed E-state index contributed by atoms with van der Waals surface area (Å²) in [5.41, 5.74) is 1.34. The van der Waals surface area contributed by atoms with Crippen molar-refractivity contribution in [2.24, 2.45) is 13.0 Å². The molecule has 0 spiro atoms. The molecule has 1 aromatic heterocycles. The molecule has 2 heterocycles. The third-order valence-corrected chi connectivity index (χ3v) is 4.00. The first-order valence-corrected chi connectivity index (χ1v) is 7.26. The zero-order valence-electron chi connectivity index (χ0n) is 13.1. The number of aliphatic carboxylic acids is 1. The number of hydrogen-bond acceptors (Lipinski definition) is 3. The Morgan fingerprint density at radius 1 is 1.29 bits per heavy atom. The molecule has 1 saturated heterocycles. The van der Waals surface area contributed by atoms with Gasteiger partial charge in [-0.1, -0.05) is 20.8 Å². The fraction of sp³-hybridized carbons (Fsp3) is 0.667. The van der Waals surface area contributed by atoms with Gasteiger partial charge in [-0.2, -0.15) is 5.10 Å². The monoisotopic (exact) mass is 293 g/mol. The largest absolute Gasteiger partial charge is 0.481 e. The molecule has 0 atom stereocenters. The lowest BCUT2D eigenvalue weighted by atomic mass is 9.92. The van der Waals surface area contributed by atoms with Crippen LogP contribution in [-0.4, -0.2) is 44.8 Å². The van der Waals surface area contributed by atoms with Crippen LogP contribution in [0.1, 0.15) is 49.8 Å². The maximum atomic E-state index is 12.6. The summed E-state index contributed by atoms with van der Waals surface area (Å²) in [6.45, 7) is 7.16. The van der Waals surface area contributed by atoms with Crippen molar-refractivity contribution in [3.8, 4) is 0 Å². The Hall–Kier alpha value is -1.85. The van der Waals surface area contributed by atoms with E-state index >= 15 is 0 Å². The van der Waals surface area contributed by atoms with Crippen molar-refractivity contribution >= 4 is 11.9 Å². The summed E-state index contributed by atoms with van der Waals surface area (Å²) in [5, 5.41) is 13.4. The molecule has 21 heavy (non-hydrogen) atoms. The molecular formula is C15H23N3O3. The van der Waals surface area contributed by atoms with Crippen LogP contribution in [0.15, 0.2) is 6.07 Å². The number of piperidine rings is 1. The van der Waals surface area contributed by atoms with E-state index in [1.54, 1.807) is 16.6 Å². The molecule has 2 rings (SSSR count). The van der Waals surface area contributed by atoms with Gasteiger partial charge in [0.25, 0.3) is 5.91 Å². The summed E-state index contributed by atoms with van der Waals surface area (Å²) >= 11 is 0. The first-order valence-electron chi connectivity index (χ1n) is 7.26. The molecule has 6 nitrogen and oxygen atoms in total. The molecule has 1 fully saturated rings. The number of aromatic nitrogens is 2. The molecule has 1 aliphatic heterocycles. The van der Waals surface area contributed by atoms with Crippen LogP contribution < -0.4 is 0 Å². The summed E-state index contributed by atoms with van der Waals surface area (Å²) < 4.78 is 1.62. The summed E-state index contributed by atoms with van der Waals surface area (Å²) in [6, 6.07) is 1.84. The summed E-state index contributed by atoms with van der Waals surface area (Å²) in [5.74, 6) is -1.16. The van der Waals surface area contributed by atoms with Crippen molar-refractivity contribution in [1.29, 1.82) is 0 Å². The lowest BCUT2D eigenvalue weighted by molar-refractivity contribution is -0.143. The number of likely N-dealkylation sites (tertiary alicyclic amines) is 1. The first-order chi connectivity index (χ1) is 9.70. The summed E-state index contributed by atoms with van der Waals surface area (Å²) in [6.07, 6.45) is 1.04. The van der Waals surface area contributed by atoms with E-state index in [9.17, 15) is 9.59 Å².